The van der Waals surface area contributed by atoms with Crippen molar-refractivity contribution in [1.82, 2.24) is 0 Å². The van der Waals surface area contributed by atoms with E-state index in [0.717, 1.165) is 5.56 Å². The lowest BCUT2D eigenvalue weighted by atomic mass is 10.1. The fraction of sp³-hybridized carbons (Fsp3) is 0.133. The van der Waals surface area contributed by atoms with Crippen LogP contribution in [0.1, 0.15) is 28.9 Å². The molecule has 2 rings (SSSR count). The smallest absolute Gasteiger partial charge is 0.255 e. The summed E-state index contributed by atoms with van der Waals surface area (Å²) in [5.74, 6) is -0.227. The zero-order chi connectivity index (χ0) is 13.8. The van der Waals surface area contributed by atoms with Crippen LogP contribution < -0.4 is 11.1 Å². The Labute approximate surface area is 111 Å². The van der Waals surface area contributed by atoms with Gasteiger partial charge in [-0.25, -0.2) is 0 Å². The topological polar surface area (TPSA) is 75.3 Å². The Bertz CT molecular complexity index is 594. The Morgan fingerprint density at radius 1 is 1.21 bits per heavy atom. The van der Waals surface area contributed by atoms with Crippen LogP contribution in [0.2, 0.25) is 0 Å². The van der Waals surface area contributed by atoms with Gasteiger partial charge < -0.3 is 16.2 Å². The summed E-state index contributed by atoms with van der Waals surface area (Å²) in [6.07, 6.45) is -0.566. The third-order valence-corrected chi connectivity index (χ3v) is 2.78. The number of aliphatic hydroxyl groups is 1. The highest BCUT2D eigenvalue weighted by atomic mass is 16.3. The van der Waals surface area contributed by atoms with Gasteiger partial charge in [0.25, 0.3) is 5.91 Å². The maximum atomic E-state index is 12.0. The molecule has 4 heteroatoms. The van der Waals surface area contributed by atoms with Gasteiger partial charge in [-0.1, -0.05) is 18.2 Å². The number of rotatable bonds is 3. The zero-order valence-electron chi connectivity index (χ0n) is 10.6. The molecule has 0 aliphatic carbocycles. The molecule has 0 aliphatic rings. The number of hydrogen-bond acceptors (Lipinski definition) is 3. The highest BCUT2D eigenvalue weighted by molar-refractivity contribution is 6.04. The number of carbonyl (C=O) groups excluding carboxylic acids is 1. The maximum absolute atomic E-state index is 12.0. The van der Waals surface area contributed by atoms with Gasteiger partial charge >= 0.3 is 0 Å². The van der Waals surface area contributed by atoms with E-state index in [0.29, 0.717) is 16.9 Å². The molecule has 2 aromatic rings. The van der Waals surface area contributed by atoms with Crippen LogP contribution in [0.25, 0.3) is 0 Å². The van der Waals surface area contributed by atoms with Gasteiger partial charge in [-0.15, -0.1) is 0 Å². The van der Waals surface area contributed by atoms with Gasteiger partial charge in [-0.05, 0) is 42.8 Å². The largest absolute Gasteiger partial charge is 0.399 e. The van der Waals surface area contributed by atoms with Crippen LogP contribution in [0.15, 0.2) is 48.5 Å². The molecule has 0 radical (unpaired) electrons. The molecule has 0 saturated heterocycles. The third kappa shape index (κ3) is 3.33. The molecule has 0 saturated carbocycles. The van der Waals surface area contributed by atoms with Crippen LogP contribution in [0.3, 0.4) is 0 Å². The van der Waals surface area contributed by atoms with Crippen molar-refractivity contribution in [3.05, 3.63) is 59.7 Å². The number of benzene rings is 2. The first kappa shape index (κ1) is 13.1. The maximum Gasteiger partial charge on any atom is 0.255 e. The molecule has 98 valence electrons. The van der Waals surface area contributed by atoms with Crippen molar-refractivity contribution < 1.29 is 9.90 Å². The summed E-state index contributed by atoms with van der Waals surface area (Å²) in [7, 11) is 0. The minimum atomic E-state index is -0.566. The molecule has 0 unspecified atom stereocenters. The Morgan fingerprint density at radius 3 is 2.63 bits per heavy atom. The Hall–Kier alpha value is -2.33. The lowest BCUT2D eigenvalue weighted by Crippen LogP contribution is -2.12. The second kappa shape index (κ2) is 5.54. The van der Waals surface area contributed by atoms with Crippen molar-refractivity contribution in [3.63, 3.8) is 0 Å². The van der Waals surface area contributed by atoms with E-state index in [1.165, 1.54) is 0 Å². The minimum absolute atomic E-state index is 0.227. The van der Waals surface area contributed by atoms with Crippen LogP contribution in [0.4, 0.5) is 11.4 Å². The average molecular weight is 256 g/mol. The van der Waals surface area contributed by atoms with E-state index in [2.05, 4.69) is 5.32 Å². The van der Waals surface area contributed by atoms with Gasteiger partial charge in [-0.2, -0.15) is 0 Å². The van der Waals surface area contributed by atoms with E-state index >= 15 is 0 Å². The van der Waals surface area contributed by atoms with Crippen LogP contribution in [-0.2, 0) is 0 Å². The van der Waals surface area contributed by atoms with E-state index in [1.54, 1.807) is 55.5 Å². The van der Waals surface area contributed by atoms with Crippen LogP contribution in [0, 0.1) is 0 Å². The molecular formula is C15H16N2O2. The first-order valence-corrected chi connectivity index (χ1v) is 6.01. The van der Waals surface area contributed by atoms with Crippen LogP contribution in [0.5, 0.6) is 0 Å². The molecule has 0 aromatic heterocycles. The standard InChI is InChI=1S/C15H16N2O2/c1-10(18)11-4-3-7-14(9-11)17-15(19)12-5-2-6-13(16)8-12/h2-10,18H,16H2,1H3,(H,17,19)/t10-/m1/s1. The predicted octanol–water partition coefficient (Wildman–Crippen LogP) is 2.57. The normalized spacial score (nSPS) is 11.9. The zero-order valence-corrected chi connectivity index (χ0v) is 10.6. The quantitative estimate of drug-likeness (QED) is 0.739. The van der Waals surface area contributed by atoms with Crippen molar-refractivity contribution in [2.45, 2.75) is 13.0 Å². The number of amides is 1. The van der Waals surface area contributed by atoms with Gasteiger partial charge in [0.1, 0.15) is 0 Å². The number of nitrogens with two attached hydrogens (primary N) is 1. The number of nitrogens with one attached hydrogen (secondary N) is 1. The lowest BCUT2D eigenvalue weighted by molar-refractivity contribution is 0.102. The fourth-order valence-electron chi connectivity index (χ4n) is 1.76. The molecule has 0 fully saturated rings. The summed E-state index contributed by atoms with van der Waals surface area (Å²) in [6, 6.07) is 13.9. The number of hydrogen-bond donors (Lipinski definition) is 3. The SMILES string of the molecule is C[C@@H](O)c1cccc(NC(=O)c2cccc(N)c2)c1. The lowest BCUT2D eigenvalue weighted by Gasteiger charge is -2.09. The number of aliphatic hydroxyl groups excluding tert-OH is 1. The van der Waals surface area contributed by atoms with Gasteiger partial charge in [-0.3, -0.25) is 4.79 Å². The second-order valence-electron chi connectivity index (χ2n) is 4.38. The van der Waals surface area contributed by atoms with E-state index in [-0.39, 0.29) is 5.91 Å². The molecule has 0 heterocycles. The highest BCUT2D eigenvalue weighted by Gasteiger charge is 2.07. The van der Waals surface area contributed by atoms with Gasteiger partial charge in [0.15, 0.2) is 0 Å². The summed E-state index contributed by atoms with van der Waals surface area (Å²) in [5, 5.41) is 12.3. The predicted molar refractivity (Wildman–Crippen MR) is 75.9 cm³/mol. The van der Waals surface area contributed by atoms with Crippen LogP contribution in [-0.4, -0.2) is 11.0 Å². The Kier molecular flexibility index (Phi) is 3.82. The van der Waals surface area contributed by atoms with Crippen molar-refractivity contribution in [3.8, 4) is 0 Å². The van der Waals surface area contributed by atoms with Gasteiger partial charge in [0.05, 0.1) is 6.10 Å². The summed E-state index contributed by atoms with van der Waals surface area (Å²) >= 11 is 0. The molecular weight excluding hydrogens is 240 g/mol. The van der Waals surface area contributed by atoms with E-state index in [4.69, 9.17) is 5.73 Å². The molecule has 4 nitrogen and oxygen atoms in total. The molecule has 0 spiro atoms. The minimum Gasteiger partial charge on any atom is -0.399 e. The first-order chi connectivity index (χ1) is 9.06. The number of anilines is 2. The summed E-state index contributed by atoms with van der Waals surface area (Å²) in [5.41, 5.74) is 8.09. The van der Waals surface area contributed by atoms with E-state index in [9.17, 15) is 9.90 Å². The fourth-order valence-corrected chi connectivity index (χ4v) is 1.76. The van der Waals surface area contributed by atoms with Crippen LogP contribution >= 0.6 is 0 Å². The van der Waals surface area contributed by atoms with Crippen molar-refractivity contribution in [2.24, 2.45) is 0 Å². The third-order valence-electron chi connectivity index (χ3n) is 2.78. The van der Waals surface area contributed by atoms with Crippen molar-refractivity contribution in [1.29, 1.82) is 0 Å². The molecule has 0 bridgehead atoms. The summed E-state index contributed by atoms with van der Waals surface area (Å²) in [4.78, 5) is 12.0. The van der Waals surface area contributed by atoms with Crippen molar-refractivity contribution >= 4 is 17.3 Å². The molecule has 2 aromatic carbocycles. The molecule has 1 atom stereocenters. The summed E-state index contributed by atoms with van der Waals surface area (Å²) < 4.78 is 0. The number of nitrogen functional groups attached to an aromatic ring is 1. The number of carbonyl (C=O) groups is 1. The van der Waals surface area contributed by atoms with Crippen molar-refractivity contribution in [2.75, 3.05) is 11.1 Å². The highest BCUT2D eigenvalue weighted by Crippen LogP contribution is 2.18. The summed E-state index contributed by atoms with van der Waals surface area (Å²) in [6.45, 7) is 1.68. The van der Waals surface area contributed by atoms with E-state index in [1.807, 2.05) is 0 Å². The Morgan fingerprint density at radius 2 is 1.95 bits per heavy atom. The second-order valence-corrected chi connectivity index (χ2v) is 4.38. The molecule has 0 aliphatic heterocycles. The van der Waals surface area contributed by atoms with E-state index < -0.39 is 6.10 Å². The molecule has 4 N–H and O–H groups in total. The monoisotopic (exact) mass is 256 g/mol. The average Bonchev–Trinajstić information content (AvgIpc) is 2.39. The molecule has 19 heavy (non-hydrogen) atoms. The first-order valence-electron chi connectivity index (χ1n) is 6.01. The van der Waals surface area contributed by atoms with Gasteiger partial charge in [0.2, 0.25) is 0 Å². The Balaban J connectivity index is 2.17. The molecule has 1 amide bonds. The van der Waals surface area contributed by atoms with Gasteiger partial charge in [0, 0.05) is 16.9 Å².